The van der Waals surface area contributed by atoms with Crippen molar-refractivity contribution in [1.82, 2.24) is 4.98 Å². The highest BCUT2D eigenvalue weighted by Gasteiger charge is 2.05. The van der Waals surface area contributed by atoms with Crippen LogP contribution in [0.4, 0.5) is 5.69 Å². The fourth-order valence-electron chi connectivity index (χ4n) is 1.55. The highest BCUT2D eigenvalue weighted by molar-refractivity contribution is 7.09. The van der Waals surface area contributed by atoms with Gasteiger partial charge in [0.25, 0.3) is 0 Å². The van der Waals surface area contributed by atoms with Crippen LogP contribution in [0, 0.1) is 0 Å². The first-order chi connectivity index (χ1) is 8.25. The van der Waals surface area contributed by atoms with E-state index in [9.17, 15) is 4.79 Å². The smallest absolute Gasteiger partial charge is 0.221 e. The molecular formula is C12H13N3OS. The van der Waals surface area contributed by atoms with Crippen LogP contribution in [0.3, 0.4) is 0 Å². The van der Waals surface area contributed by atoms with Crippen LogP contribution >= 0.6 is 11.3 Å². The van der Waals surface area contributed by atoms with Crippen LogP contribution in [0.15, 0.2) is 35.8 Å². The van der Waals surface area contributed by atoms with E-state index in [4.69, 9.17) is 5.73 Å². The van der Waals surface area contributed by atoms with E-state index in [0.29, 0.717) is 6.54 Å². The minimum Gasteiger partial charge on any atom is -0.378 e. The van der Waals surface area contributed by atoms with Gasteiger partial charge in [-0.2, -0.15) is 0 Å². The maximum atomic E-state index is 10.9. The number of hydrogen-bond donors (Lipinski definition) is 2. The average Bonchev–Trinajstić information content (AvgIpc) is 2.80. The van der Waals surface area contributed by atoms with Gasteiger partial charge in [-0.15, -0.1) is 11.3 Å². The summed E-state index contributed by atoms with van der Waals surface area (Å²) in [5, 5.41) is 6.21. The summed E-state index contributed by atoms with van der Waals surface area (Å²) in [6.07, 6.45) is 2.03. The van der Waals surface area contributed by atoms with Gasteiger partial charge in [0.05, 0.1) is 13.0 Å². The van der Waals surface area contributed by atoms with E-state index in [0.717, 1.165) is 16.3 Å². The van der Waals surface area contributed by atoms with Crippen LogP contribution in [0.1, 0.15) is 10.6 Å². The quantitative estimate of drug-likeness (QED) is 0.846. The fourth-order valence-corrected chi connectivity index (χ4v) is 2.10. The zero-order valence-corrected chi connectivity index (χ0v) is 10.0. The zero-order valence-electron chi connectivity index (χ0n) is 9.22. The molecule has 0 aliphatic rings. The molecule has 1 amide bonds. The Labute approximate surface area is 103 Å². The lowest BCUT2D eigenvalue weighted by Crippen LogP contribution is -2.15. The van der Waals surface area contributed by atoms with Crippen LogP contribution in [-0.2, 0) is 17.8 Å². The van der Waals surface area contributed by atoms with Gasteiger partial charge in [-0.1, -0.05) is 18.2 Å². The Morgan fingerprint density at radius 1 is 1.41 bits per heavy atom. The van der Waals surface area contributed by atoms with Crippen molar-refractivity contribution in [2.75, 3.05) is 5.32 Å². The van der Waals surface area contributed by atoms with E-state index in [-0.39, 0.29) is 12.3 Å². The van der Waals surface area contributed by atoms with E-state index < -0.39 is 0 Å². The van der Waals surface area contributed by atoms with Gasteiger partial charge in [-0.3, -0.25) is 4.79 Å². The maximum Gasteiger partial charge on any atom is 0.221 e. The monoisotopic (exact) mass is 247 g/mol. The van der Waals surface area contributed by atoms with Crippen LogP contribution < -0.4 is 11.1 Å². The lowest BCUT2D eigenvalue weighted by molar-refractivity contribution is -0.117. The van der Waals surface area contributed by atoms with Gasteiger partial charge in [-0.05, 0) is 11.6 Å². The first-order valence-electron chi connectivity index (χ1n) is 5.24. The molecule has 1 heterocycles. The standard InChI is InChI=1S/C12H13N3OS/c13-11(16)7-9-3-1-2-4-10(9)15-8-12-14-5-6-17-12/h1-6,15H,7-8H2,(H2,13,16). The Hall–Kier alpha value is -1.88. The second kappa shape index (κ2) is 5.45. The molecule has 0 radical (unpaired) electrons. The van der Waals surface area contributed by atoms with Crippen molar-refractivity contribution in [3.8, 4) is 0 Å². The van der Waals surface area contributed by atoms with Crippen molar-refractivity contribution in [2.24, 2.45) is 5.73 Å². The molecule has 2 rings (SSSR count). The molecule has 88 valence electrons. The molecule has 3 N–H and O–H groups in total. The molecule has 0 atom stereocenters. The maximum absolute atomic E-state index is 10.9. The van der Waals surface area contributed by atoms with Crippen LogP contribution in [0.25, 0.3) is 0 Å². The number of para-hydroxylation sites is 1. The topological polar surface area (TPSA) is 68.0 Å². The molecule has 1 aromatic carbocycles. The minimum atomic E-state index is -0.325. The van der Waals surface area contributed by atoms with Crippen molar-refractivity contribution >= 4 is 22.9 Å². The molecule has 17 heavy (non-hydrogen) atoms. The van der Waals surface area contributed by atoms with Gasteiger partial charge in [0.2, 0.25) is 5.91 Å². The molecule has 0 saturated heterocycles. The zero-order chi connectivity index (χ0) is 12.1. The van der Waals surface area contributed by atoms with Gasteiger partial charge < -0.3 is 11.1 Å². The molecule has 1 aromatic heterocycles. The molecular weight excluding hydrogens is 234 g/mol. The summed E-state index contributed by atoms with van der Waals surface area (Å²) >= 11 is 1.60. The Morgan fingerprint density at radius 3 is 2.94 bits per heavy atom. The first kappa shape index (κ1) is 11.6. The third-order valence-corrected chi connectivity index (χ3v) is 3.08. The van der Waals surface area contributed by atoms with Gasteiger partial charge in [0.1, 0.15) is 5.01 Å². The first-order valence-corrected chi connectivity index (χ1v) is 6.12. The molecule has 0 unspecified atom stereocenters. The van der Waals surface area contributed by atoms with E-state index in [2.05, 4.69) is 10.3 Å². The minimum absolute atomic E-state index is 0.251. The Kier molecular flexibility index (Phi) is 3.72. The number of hydrogen-bond acceptors (Lipinski definition) is 4. The number of rotatable bonds is 5. The Balaban J connectivity index is 2.06. The SMILES string of the molecule is NC(=O)Cc1ccccc1NCc1nccs1. The normalized spacial score (nSPS) is 10.1. The number of primary amides is 1. The highest BCUT2D eigenvalue weighted by Crippen LogP contribution is 2.17. The van der Waals surface area contributed by atoms with Crippen molar-refractivity contribution in [2.45, 2.75) is 13.0 Å². The molecule has 0 saturated carbocycles. The second-order valence-corrected chi connectivity index (χ2v) is 4.56. The number of amides is 1. The van der Waals surface area contributed by atoms with Crippen LogP contribution in [0.2, 0.25) is 0 Å². The number of carbonyl (C=O) groups excluding carboxylic acids is 1. The number of carbonyl (C=O) groups is 1. The van der Waals surface area contributed by atoms with Gasteiger partial charge >= 0.3 is 0 Å². The van der Waals surface area contributed by atoms with Gasteiger partial charge in [-0.25, -0.2) is 4.98 Å². The van der Waals surface area contributed by atoms with E-state index in [1.807, 2.05) is 29.6 Å². The summed E-state index contributed by atoms with van der Waals surface area (Å²) in [7, 11) is 0. The van der Waals surface area contributed by atoms with Crippen molar-refractivity contribution in [3.63, 3.8) is 0 Å². The highest BCUT2D eigenvalue weighted by atomic mass is 32.1. The summed E-state index contributed by atoms with van der Waals surface area (Å²) in [5.74, 6) is -0.325. The third kappa shape index (κ3) is 3.29. The number of aromatic nitrogens is 1. The summed E-state index contributed by atoms with van der Waals surface area (Å²) < 4.78 is 0. The van der Waals surface area contributed by atoms with Crippen molar-refractivity contribution in [1.29, 1.82) is 0 Å². The molecule has 5 heteroatoms. The van der Waals surface area contributed by atoms with Crippen molar-refractivity contribution < 1.29 is 4.79 Å². The predicted molar refractivity (Wildman–Crippen MR) is 68.8 cm³/mol. The summed E-state index contributed by atoms with van der Waals surface area (Å²) in [5.41, 5.74) is 7.05. The van der Waals surface area contributed by atoms with Crippen LogP contribution in [-0.4, -0.2) is 10.9 Å². The molecule has 0 aliphatic heterocycles. The number of nitrogens with two attached hydrogens (primary N) is 1. The largest absolute Gasteiger partial charge is 0.378 e. The van der Waals surface area contributed by atoms with Gasteiger partial charge in [0.15, 0.2) is 0 Å². The van der Waals surface area contributed by atoms with E-state index >= 15 is 0 Å². The predicted octanol–water partition coefficient (Wildman–Crippen LogP) is 1.78. The number of anilines is 1. The number of benzene rings is 1. The van der Waals surface area contributed by atoms with Crippen LogP contribution in [0.5, 0.6) is 0 Å². The van der Waals surface area contributed by atoms with E-state index in [1.54, 1.807) is 17.5 Å². The molecule has 0 aliphatic carbocycles. The Morgan fingerprint density at radius 2 is 2.24 bits per heavy atom. The molecule has 2 aromatic rings. The second-order valence-electron chi connectivity index (χ2n) is 3.58. The average molecular weight is 247 g/mol. The molecule has 0 spiro atoms. The number of nitrogens with one attached hydrogen (secondary N) is 1. The molecule has 0 bridgehead atoms. The number of nitrogens with zero attached hydrogens (tertiary/aromatic N) is 1. The summed E-state index contributed by atoms with van der Waals surface area (Å²) in [4.78, 5) is 15.1. The van der Waals surface area contributed by atoms with E-state index in [1.165, 1.54) is 0 Å². The lowest BCUT2D eigenvalue weighted by atomic mass is 10.1. The Bertz CT molecular complexity index is 496. The summed E-state index contributed by atoms with van der Waals surface area (Å²) in [6.45, 7) is 0.660. The fraction of sp³-hybridized carbons (Fsp3) is 0.167. The third-order valence-electron chi connectivity index (χ3n) is 2.30. The number of thiazole rings is 1. The lowest BCUT2D eigenvalue weighted by Gasteiger charge is -2.09. The molecule has 4 nitrogen and oxygen atoms in total. The van der Waals surface area contributed by atoms with Gasteiger partial charge in [0, 0.05) is 17.3 Å². The van der Waals surface area contributed by atoms with Crippen molar-refractivity contribution in [3.05, 3.63) is 46.4 Å². The summed E-state index contributed by atoms with van der Waals surface area (Å²) in [6, 6.07) is 7.66. The molecule has 0 fully saturated rings.